The molecule has 2 amide bonds. The summed E-state index contributed by atoms with van der Waals surface area (Å²) in [5, 5.41) is 5.08. The predicted octanol–water partition coefficient (Wildman–Crippen LogP) is -1.47. The summed E-state index contributed by atoms with van der Waals surface area (Å²) in [7, 11) is 0. The first-order valence-corrected chi connectivity index (χ1v) is 5.44. The van der Waals surface area contributed by atoms with Crippen molar-refractivity contribution in [2.45, 2.75) is 12.8 Å². The topological polar surface area (TPSA) is 113 Å². The lowest BCUT2D eigenvalue weighted by Gasteiger charge is -2.05. The SMILES string of the molecule is NCC(=O)NCC(=O)NCCCc1ncc[nH]1. The monoisotopic (exact) mass is 239 g/mol. The van der Waals surface area contributed by atoms with Gasteiger partial charge < -0.3 is 21.4 Å². The van der Waals surface area contributed by atoms with E-state index in [0.717, 1.165) is 18.7 Å². The first-order chi connectivity index (χ1) is 8.22. The van der Waals surface area contributed by atoms with Gasteiger partial charge in [0.05, 0.1) is 13.1 Å². The molecular weight excluding hydrogens is 222 g/mol. The van der Waals surface area contributed by atoms with E-state index in [0.29, 0.717) is 6.54 Å². The van der Waals surface area contributed by atoms with Crippen molar-refractivity contribution in [2.75, 3.05) is 19.6 Å². The summed E-state index contributed by atoms with van der Waals surface area (Å²) in [6, 6.07) is 0. The zero-order valence-electron chi connectivity index (χ0n) is 9.53. The molecule has 7 nitrogen and oxygen atoms in total. The smallest absolute Gasteiger partial charge is 0.239 e. The lowest BCUT2D eigenvalue weighted by atomic mass is 10.3. The molecule has 0 aromatic carbocycles. The minimum Gasteiger partial charge on any atom is -0.355 e. The van der Waals surface area contributed by atoms with E-state index in [9.17, 15) is 9.59 Å². The second-order valence-corrected chi connectivity index (χ2v) is 3.47. The van der Waals surface area contributed by atoms with Crippen molar-refractivity contribution in [3.8, 4) is 0 Å². The van der Waals surface area contributed by atoms with E-state index in [1.165, 1.54) is 0 Å². The molecule has 1 rings (SSSR count). The summed E-state index contributed by atoms with van der Waals surface area (Å²) in [4.78, 5) is 29.1. The molecule has 17 heavy (non-hydrogen) atoms. The highest BCUT2D eigenvalue weighted by atomic mass is 16.2. The fraction of sp³-hybridized carbons (Fsp3) is 0.500. The highest BCUT2D eigenvalue weighted by molar-refractivity contribution is 5.85. The van der Waals surface area contributed by atoms with Crippen LogP contribution >= 0.6 is 0 Å². The Labute approximate surface area is 99.2 Å². The number of amides is 2. The van der Waals surface area contributed by atoms with Gasteiger partial charge >= 0.3 is 0 Å². The van der Waals surface area contributed by atoms with Crippen LogP contribution in [-0.4, -0.2) is 41.4 Å². The fourth-order valence-electron chi connectivity index (χ4n) is 1.23. The molecule has 0 fully saturated rings. The number of carbonyl (C=O) groups is 2. The number of rotatable bonds is 7. The third-order valence-corrected chi connectivity index (χ3v) is 2.10. The molecule has 1 aromatic heterocycles. The minimum atomic E-state index is -0.337. The number of hydrogen-bond acceptors (Lipinski definition) is 4. The van der Waals surface area contributed by atoms with Gasteiger partial charge in [0, 0.05) is 25.4 Å². The minimum absolute atomic E-state index is 0.0310. The normalized spacial score (nSPS) is 9.94. The number of aryl methyl sites for hydroxylation is 1. The Balaban J connectivity index is 2.02. The third-order valence-electron chi connectivity index (χ3n) is 2.10. The highest BCUT2D eigenvalue weighted by Gasteiger charge is 2.03. The van der Waals surface area contributed by atoms with Crippen molar-refractivity contribution in [1.29, 1.82) is 0 Å². The summed E-state index contributed by atoms with van der Waals surface area (Å²) in [5.74, 6) is 0.345. The number of nitrogens with two attached hydrogens (primary N) is 1. The molecule has 0 unspecified atom stereocenters. The van der Waals surface area contributed by atoms with E-state index in [-0.39, 0.29) is 24.9 Å². The maximum Gasteiger partial charge on any atom is 0.239 e. The third kappa shape index (κ3) is 5.67. The summed E-state index contributed by atoms with van der Waals surface area (Å²) < 4.78 is 0. The lowest BCUT2D eigenvalue weighted by molar-refractivity contribution is -0.125. The molecule has 0 aliphatic heterocycles. The van der Waals surface area contributed by atoms with Crippen LogP contribution in [0.5, 0.6) is 0 Å². The van der Waals surface area contributed by atoms with Crippen molar-refractivity contribution in [2.24, 2.45) is 5.73 Å². The number of H-pyrrole nitrogens is 1. The second-order valence-electron chi connectivity index (χ2n) is 3.47. The van der Waals surface area contributed by atoms with E-state index in [1.54, 1.807) is 12.4 Å². The maximum absolute atomic E-state index is 11.2. The summed E-state index contributed by atoms with van der Waals surface area (Å²) in [6.45, 7) is 0.417. The van der Waals surface area contributed by atoms with Crippen molar-refractivity contribution < 1.29 is 9.59 Å². The first-order valence-electron chi connectivity index (χ1n) is 5.44. The van der Waals surface area contributed by atoms with Gasteiger partial charge in [-0.15, -0.1) is 0 Å². The number of aromatic amines is 1. The standard InChI is InChI=1S/C10H17N5O2/c11-6-9(16)15-7-10(17)14-3-1-2-8-12-4-5-13-8/h4-5H,1-3,6-7,11H2,(H,12,13)(H,14,17)(H,15,16). The molecule has 0 radical (unpaired) electrons. The van der Waals surface area contributed by atoms with Crippen LogP contribution in [0.4, 0.5) is 0 Å². The van der Waals surface area contributed by atoms with Gasteiger partial charge in [-0.3, -0.25) is 9.59 Å². The van der Waals surface area contributed by atoms with E-state index < -0.39 is 0 Å². The van der Waals surface area contributed by atoms with Crippen molar-refractivity contribution in [3.05, 3.63) is 18.2 Å². The van der Waals surface area contributed by atoms with E-state index >= 15 is 0 Å². The molecule has 0 saturated heterocycles. The molecule has 1 aromatic rings. The van der Waals surface area contributed by atoms with Gasteiger partial charge in [-0.1, -0.05) is 0 Å². The number of aromatic nitrogens is 2. The molecule has 0 bridgehead atoms. The number of nitrogens with zero attached hydrogens (tertiary/aromatic N) is 1. The highest BCUT2D eigenvalue weighted by Crippen LogP contribution is 1.92. The fourth-order valence-corrected chi connectivity index (χ4v) is 1.23. The van der Waals surface area contributed by atoms with Crippen LogP contribution in [0.2, 0.25) is 0 Å². The van der Waals surface area contributed by atoms with Crippen LogP contribution in [0, 0.1) is 0 Å². The van der Waals surface area contributed by atoms with Gasteiger partial charge in [0.1, 0.15) is 5.82 Å². The maximum atomic E-state index is 11.2. The Morgan fingerprint density at radius 3 is 2.82 bits per heavy atom. The van der Waals surface area contributed by atoms with Crippen LogP contribution < -0.4 is 16.4 Å². The zero-order chi connectivity index (χ0) is 12.5. The van der Waals surface area contributed by atoms with Crippen molar-refractivity contribution in [1.82, 2.24) is 20.6 Å². The molecule has 0 aliphatic carbocycles. The average Bonchev–Trinajstić information content (AvgIpc) is 2.84. The second kappa shape index (κ2) is 7.39. The number of carbonyl (C=O) groups excluding carboxylic acids is 2. The molecule has 5 N–H and O–H groups in total. The number of nitrogens with one attached hydrogen (secondary N) is 3. The summed E-state index contributed by atoms with van der Waals surface area (Å²) in [6.07, 6.45) is 5.03. The van der Waals surface area contributed by atoms with E-state index in [4.69, 9.17) is 5.73 Å². The predicted molar refractivity (Wildman–Crippen MR) is 62.0 cm³/mol. The molecule has 0 saturated carbocycles. The Morgan fingerprint density at radius 2 is 2.18 bits per heavy atom. The molecule has 1 heterocycles. The number of imidazole rings is 1. The Bertz CT molecular complexity index is 350. The molecular formula is C10H17N5O2. The van der Waals surface area contributed by atoms with Crippen LogP contribution in [0.25, 0.3) is 0 Å². The van der Waals surface area contributed by atoms with Crippen LogP contribution in [0.3, 0.4) is 0 Å². The van der Waals surface area contributed by atoms with E-state index in [1.807, 2.05) is 0 Å². The van der Waals surface area contributed by atoms with Gasteiger partial charge in [-0.05, 0) is 6.42 Å². The number of hydrogen-bond donors (Lipinski definition) is 4. The Morgan fingerprint density at radius 1 is 1.35 bits per heavy atom. The summed E-state index contributed by atoms with van der Waals surface area (Å²) in [5.41, 5.74) is 5.08. The zero-order valence-corrected chi connectivity index (χ0v) is 9.53. The average molecular weight is 239 g/mol. The molecule has 0 spiro atoms. The van der Waals surface area contributed by atoms with E-state index in [2.05, 4.69) is 20.6 Å². The van der Waals surface area contributed by atoms with Gasteiger partial charge in [0.2, 0.25) is 11.8 Å². The first kappa shape index (κ1) is 13.2. The van der Waals surface area contributed by atoms with Crippen molar-refractivity contribution >= 4 is 11.8 Å². The van der Waals surface area contributed by atoms with Crippen LogP contribution in [0.15, 0.2) is 12.4 Å². The quantitative estimate of drug-likeness (QED) is 0.435. The Hall–Kier alpha value is -1.89. The van der Waals surface area contributed by atoms with Gasteiger partial charge in [0.15, 0.2) is 0 Å². The molecule has 0 atom stereocenters. The summed E-state index contributed by atoms with van der Waals surface area (Å²) >= 11 is 0. The van der Waals surface area contributed by atoms with Crippen molar-refractivity contribution in [3.63, 3.8) is 0 Å². The van der Waals surface area contributed by atoms with Crippen LogP contribution in [0.1, 0.15) is 12.2 Å². The van der Waals surface area contributed by atoms with Gasteiger partial charge in [-0.25, -0.2) is 4.98 Å². The van der Waals surface area contributed by atoms with Gasteiger partial charge in [0.25, 0.3) is 0 Å². The van der Waals surface area contributed by atoms with Crippen LogP contribution in [-0.2, 0) is 16.0 Å². The largest absolute Gasteiger partial charge is 0.355 e. The molecule has 7 heteroatoms. The molecule has 0 aliphatic rings. The Kier molecular flexibility index (Phi) is 5.73. The van der Waals surface area contributed by atoms with Gasteiger partial charge in [-0.2, -0.15) is 0 Å². The molecule has 94 valence electrons. The lowest BCUT2D eigenvalue weighted by Crippen LogP contribution is -2.39.